The van der Waals surface area contributed by atoms with Crippen molar-refractivity contribution >= 4 is 10.9 Å². The van der Waals surface area contributed by atoms with Gasteiger partial charge >= 0.3 is 0 Å². The quantitative estimate of drug-likeness (QED) is 0.671. The largest absolute Gasteiger partial charge is 0.361 e. The first-order valence-electron chi connectivity index (χ1n) is 4.27. The van der Waals surface area contributed by atoms with E-state index in [-0.39, 0.29) is 6.04 Å². The van der Waals surface area contributed by atoms with Crippen molar-refractivity contribution < 1.29 is 0 Å². The van der Waals surface area contributed by atoms with Gasteiger partial charge in [-0.25, -0.2) is 0 Å². The van der Waals surface area contributed by atoms with E-state index in [9.17, 15) is 0 Å². The maximum Gasteiger partial charge on any atom is 0.0505 e. The summed E-state index contributed by atoms with van der Waals surface area (Å²) < 4.78 is 0. The molecule has 2 heteroatoms. The van der Waals surface area contributed by atoms with Crippen LogP contribution in [0.3, 0.4) is 0 Å². The molecule has 0 saturated carbocycles. The predicted molar refractivity (Wildman–Crippen MR) is 55.4 cm³/mol. The topological polar surface area (TPSA) is 41.8 Å². The molecule has 0 unspecified atom stereocenters. The Hall–Kier alpha value is -1.54. The van der Waals surface area contributed by atoms with Crippen molar-refractivity contribution in [2.24, 2.45) is 5.73 Å². The van der Waals surface area contributed by atoms with Crippen LogP contribution in [0.5, 0.6) is 0 Å². The fraction of sp³-hybridized carbons (Fsp3) is 0.0909. The Labute approximate surface area is 77.1 Å². The summed E-state index contributed by atoms with van der Waals surface area (Å²) in [6.07, 6.45) is 3.67. The average molecular weight is 172 g/mol. The smallest absolute Gasteiger partial charge is 0.0505 e. The molecule has 66 valence electrons. The van der Waals surface area contributed by atoms with Gasteiger partial charge in [0.05, 0.1) is 5.52 Å². The van der Waals surface area contributed by atoms with Gasteiger partial charge in [-0.2, -0.15) is 0 Å². The molecule has 1 aromatic carbocycles. The van der Waals surface area contributed by atoms with Gasteiger partial charge in [-0.3, -0.25) is 0 Å². The molecule has 1 aromatic heterocycles. The van der Waals surface area contributed by atoms with Crippen LogP contribution in [0.25, 0.3) is 10.9 Å². The molecular formula is C11H12N2. The van der Waals surface area contributed by atoms with E-state index in [1.54, 1.807) is 6.08 Å². The molecule has 13 heavy (non-hydrogen) atoms. The summed E-state index contributed by atoms with van der Waals surface area (Å²) in [5.41, 5.74) is 8.08. The van der Waals surface area contributed by atoms with E-state index in [1.165, 1.54) is 5.39 Å². The molecule has 2 rings (SSSR count). The molecule has 2 nitrogen and oxygen atoms in total. The number of hydrogen-bond acceptors (Lipinski definition) is 1. The fourth-order valence-electron chi connectivity index (χ4n) is 1.51. The lowest BCUT2D eigenvalue weighted by Gasteiger charge is -2.07. The van der Waals surface area contributed by atoms with Gasteiger partial charge in [0.15, 0.2) is 0 Å². The van der Waals surface area contributed by atoms with E-state index in [1.807, 2.05) is 24.4 Å². The van der Waals surface area contributed by atoms with Crippen molar-refractivity contribution in [1.29, 1.82) is 0 Å². The van der Waals surface area contributed by atoms with E-state index >= 15 is 0 Å². The molecule has 0 fully saturated rings. The van der Waals surface area contributed by atoms with Gasteiger partial charge in [0.1, 0.15) is 0 Å². The van der Waals surface area contributed by atoms with E-state index in [4.69, 9.17) is 5.73 Å². The van der Waals surface area contributed by atoms with Crippen molar-refractivity contribution in [2.75, 3.05) is 0 Å². The third kappa shape index (κ3) is 1.25. The summed E-state index contributed by atoms with van der Waals surface area (Å²) in [6, 6.07) is 8.03. The Kier molecular flexibility index (Phi) is 1.91. The number of benzene rings is 1. The third-order valence-corrected chi connectivity index (χ3v) is 2.23. The standard InChI is InChI=1S/C11H12N2/c1-2-10(12)9-5-3-4-8-6-7-13-11(8)9/h2-7,10,13H,1,12H2/t10-/m1/s1. The lowest BCUT2D eigenvalue weighted by molar-refractivity contribution is 0.922. The summed E-state index contributed by atoms with van der Waals surface area (Å²) >= 11 is 0. The summed E-state index contributed by atoms with van der Waals surface area (Å²) in [6.45, 7) is 3.69. The minimum atomic E-state index is -0.0950. The van der Waals surface area contributed by atoms with Crippen LogP contribution >= 0.6 is 0 Å². The van der Waals surface area contributed by atoms with Gasteiger partial charge in [-0.15, -0.1) is 6.58 Å². The SMILES string of the molecule is C=C[C@@H](N)c1cccc2cc[nH]c12. The first-order valence-corrected chi connectivity index (χ1v) is 4.27. The molecule has 1 atom stereocenters. The van der Waals surface area contributed by atoms with Crippen LogP contribution in [0, 0.1) is 0 Å². The number of aromatic amines is 1. The number of rotatable bonds is 2. The van der Waals surface area contributed by atoms with Gasteiger partial charge in [-0.05, 0) is 17.0 Å². The highest BCUT2D eigenvalue weighted by atomic mass is 14.7. The minimum Gasteiger partial charge on any atom is -0.361 e. The van der Waals surface area contributed by atoms with E-state index < -0.39 is 0 Å². The van der Waals surface area contributed by atoms with Crippen LogP contribution in [0.2, 0.25) is 0 Å². The maximum absolute atomic E-state index is 5.88. The fourth-order valence-corrected chi connectivity index (χ4v) is 1.51. The molecule has 0 spiro atoms. The first-order chi connectivity index (χ1) is 6.33. The third-order valence-electron chi connectivity index (χ3n) is 2.23. The summed E-state index contributed by atoms with van der Waals surface area (Å²) in [7, 11) is 0. The number of para-hydroxylation sites is 1. The van der Waals surface area contributed by atoms with E-state index in [0.29, 0.717) is 0 Å². The zero-order valence-electron chi connectivity index (χ0n) is 7.33. The van der Waals surface area contributed by atoms with Crippen LogP contribution in [0.1, 0.15) is 11.6 Å². The van der Waals surface area contributed by atoms with Gasteiger partial charge < -0.3 is 10.7 Å². The van der Waals surface area contributed by atoms with Crippen LogP contribution < -0.4 is 5.73 Å². The normalized spacial score (nSPS) is 13.0. The second-order valence-corrected chi connectivity index (χ2v) is 3.05. The summed E-state index contributed by atoms with van der Waals surface area (Å²) in [5.74, 6) is 0. The van der Waals surface area contributed by atoms with Gasteiger partial charge in [0.25, 0.3) is 0 Å². The van der Waals surface area contributed by atoms with Crippen LogP contribution in [-0.2, 0) is 0 Å². The molecule has 0 aliphatic rings. The number of nitrogens with two attached hydrogens (primary N) is 1. The van der Waals surface area contributed by atoms with Crippen LogP contribution in [0.15, 0.2) is 43.1 Å². The van der Waals surface area contributed by atoms with Gasteiger partial charge in [0, 0.05) is 12.2 Å². The van der Waals surface area contributed by atoms with Crippen molar-refractivity contribution in [3.05, 3.63) is 48.7 Å². The summed E-state index contributed by atoms with van der Waals surface area (Å²) in [4.78, 5) is 3.18. The number of nitrogens with one attached hydrogen (secondary N) is 1. The second-order valence-electron chi connectivity index (χ2n) is 3.05. The Morgan fingerprint density at radius 1 is 1.38 bits per heavy atom. The molecule has 2 aromatic rings. The number of hydrogen-bond donors (Lipinski definition) is 2. The first kappa shape index (κ1) is 8.08. The molecule has 0 aliphatic heterocycles. The predicted octanol–water partition coefficient (Wildman–Crippen LogP) is 2.35. The maximum atomic E-state index is 5.88. The minimum absolute atomic E-state index is 0.0950. The molecule has 0 amide bonds. The van der Waals surface area contributed by atoms with E-state index in [2.05, 4.69) is 17.6 Å². The Balaban J connectivity index is 2.67. The highest BCUT2D eigenvalue weighted by Gasteiger charge is 2.05. The lowest BCUT2D eigenvalue weighted by atomic mass is 10.1. The van der Waals surface area contributed by atoms with Gasteiger partial charge in [0.2, 0.25) is 0 Å². The molecule has 1 heterocycles. The van der Waals surface area contributed by atoms with Crippen molar-refractivity contribution in [3.8, 4) is 0 Å². The van der Waals surface area contributed by atoms with E-state index in [0.717, 1.165) is 11.1 Å². The highest BCUT2D eigenvalue weighted by Crippen LogP contribution is 2.21. The monoisotopic (exact) mass is 172 g/mol. The average Bonchev–Trinajstić information content (AvgIpc) is 2.63. The van der Waals surface area contributed by atoms with Gasteiger partial charge in [-0.1, -0.05) is 24.3 Å². The molecular weight excluding hydrogens is 160 g/mol. The molecule has 0 aliphatic carbocycles. The highest BCUT2D eigenvalue weighted by molar-refractivity contribution is 5.83. The van der Waals surface area contributed by atoms with Crippen molar-refractivity contribution in [1.82, 2.24) is 4.98 Å². The Bertz CT molecular complexity index is 428. The zero-order chi connectivity index (χ0) is 9.26. The Morgan fingerprint density at radius 2 is 2.23 bits per heavy atom. The molecule has 0 radical (unpaired) electrons. The lowest BCUT2D eigenvalue weighted by Crippen LogP contribution is -2.06. The second kappa shape index (κ2) is 3.07. The molecule has 3 N–H and O–H groups in total. The van der Waals surface area contributed by atoms with Crippen LogP contribution in [-0.4, -0.2) is 4.98 Å². The number of fused-ring (bicyclic) bond motifs is 1. The van der Waals surface area contributed by atoms with Crippen molar-refractivity contribution in [3.63, 3.8) is 0 Å². The van der Waals surface area contributed by atoms with Crippen molar-refractivity contribution in [2.45, 2.75) is 6.04 Å². The molecule has 0 bridgehead atoms. The van der Waals surface area contributed by atoms with Crippen LogP contribution in [0.4, 0.5) is 0 Å². The number of aromatic nitrogens is 1. The zero-order valence-corrected chi connectivity index (χ0v) is 7.33. The summed E-state index contributed by atoms with van der Waals surface area (Å²) in [5, 5.41) is 1.19. The number of H-pyrrole nitrogens is 1. The molecule has 0 saturated heterocycles. The Morgan fingerprint density at radius 3 is 3.00 bits per heavy atom.